The van der Waals surface area contributed by atoms with Crippen LogP contribution in [0.15, 0.2) is 24.3 Å². The van der Waals surface area contributed by atoms with E-state index in [2.05, 4.69) is 5.32 Å². The first-order chi connectivity index (χ1) is 8.24. The minimum atomic E-state index is 0.117. The molecule has 1 aliphatic rings. The minimum Gasteiger partial charge on any atom is -0.399 e. The van der Waals surface area contributed by atoms with E-state index in [1.165, 1.54) is 0 Å². The lowest BCUT2D eigenvalue weighted by Gasteiger charge is -2.22. The van der Waals surface area contributed by atoms with Crippen LogP contribution in [0.25, 0.3) is 0 Å². The van der Waals surface area contributed by atoms with E-state index in [1.54, 1.807) is 0 Å². The molecule has 4 heteroatoms. The Kier molecular flexibility index (Phi) is 4.31. The molecule has 0 saturated carbocycles. The molecule has 1 saturated heterocycles. The number of benzene rings is 1. The number of rotatable bonds is 3. The lowest BCUT2D eigenvalue weighted by Crippen LogP contribution is -2.38. The van der Waals surface area contributed by atoms with Gasteiger partial charge >= 0.3 is 0 Å². The molecule has 3 nitrogen and oxygen atoms in total. The Morgan fingerprint density at radius 1 is 1.29 bits per heavy atom. The van der Waals surface area contributed by atoms with Gasteiger partial charge in [-0.25, -0.2) is 0 Å². The second kappa shape index (κ2) is 5.96. The number of nitrogens with one attached hydrogen (secondary N) is 1. The van der Waals surface area contributed by atoms with Gasteiger partial charge in [-0.1, -0.05) is 12.1 Å². The van der Waals surface area contributed by atoms with E-state index in [0.717, 1.165) is 35.6 Å². The minimum absolute atomic E-state index is 0.117. The van der Waals surface area contributed by atoms with Gasteiger partial charge in [0.05, 0.1) is 6.42 Å². The smallest absolute Gasteiger partial charge is 0.224 e. The van der Waals surface area contributed by atoms with Crippen molar-refractivity contribution in [3.63, 3.8) is 0 Å². The Bertz CT molecular complexity index is 372. The number of nitrogens with two attached hydrogens (primary N) is 1. The third-order valence-corrected chi connectivity index (χ3v) is 3.98. The Labute approximate surface area is 106 Å². The van der Waals surface area contributed by atoms with Crippen LogP contribution in [0.2, 0.25) is 0 Å². The standard InChI is InChI=1S/C13H18N2OS/c14-11-3-1-10(2-4-11)9-13(16)15-12-5-7-17-8-6-12/h1-4,12H,5-9,14H2,(H,15,16). The van der Waals surface area contributed by atoms with Crippen molar-refractivity contribution in [1.29, 1.82) is 0 Å². The molecule has 92 valence electrons. The van der Waals surface area contributed by atoms with Crippen LogP contribution in [-0.4, -0.2) is 23.5 Å². The number of carbonyl (C=O) groups is 1. The molecule has 0 radical (unpaired) electrons. The maximum absolute atomic E-state index is 11.8. The quantitative estimate of drug-likeness (QED) is 0.805. The summed E-state index contributed by atoms with van der Waals surface area (Å²) in [5.41, 5.74) is 7.35. The Balaban J connectivity index is 1.82. The summed E-state index contributed by atoms with van der Waals surface area (Å²) in [5, 5.41) is 3.10. The zero-order valence-electron chi connectivity index (χ0n) is 9.82. The molecule has 1 aromatic carbocycles. The molecule has 0 spiro atoms. The van der Waals surface area contributed by atoms with E-state index in [1.807, 2.05) is 36.0 Å². The van der Waals surface area contributed by atoms with Gasteiger partial charge in [0.2, 0.25) is 5.91 Å². The summed E-state index contributed by atoms with van der Waals surface area (Å²) >= 11 is 1.97. The fraction of sp³-hybridized carbons (Fsp3) is 0.462. The lowest BCUT2D eigenvalue weighted by molar-refractivity contribution is -0.121. The molecule has 1 heterocycles. The summed E-state index contributed by atoms with van der Waals surface area (Å²) in [4.78, 5) is 11.8. The van der Waals surface area contributed by atoms with E-state index < -0.39 is 0 Å². The van der Waals surface area contributed by atoms with Crippen LogP contribution in [0.3, 0.4) is 0 Å². The van der Waals surface area contributed by atoms with Crippen LogP contribution < -0.4 is 11.1 Å². The molecule has 0 bridgehead atoms. The molecule has 0 unspecified atom stereocenters. The summed E-state index contributed by atoms with van der Waals surface area (Å²) in [6.07, 6.45) is 2.64. The summed E-state index contributed by atoms with van der Waals surface area (Å²) in [5.74, 6) is 2.44. The van der Waals surface area contributed by atoms with Crippen LogP contribution in [0, 0.1) is 0 Å². The number of nitrogen functional groups attached to an aromatic ring is 1. The second-order valence-corrected chi connectivity index (χ2v) is 5.60. The van der Waals surface area contributed by atoms with E-state index in [9.17, 15) is 4.79 Å². The molecule has 1 aliphatic heterocycles. The fourth-order valence-electron chi connectivity index (χ4n) is 1.94. The topological polar surface area (TPSA) is 55.1 Å². The largest absolute Gasteiger partial charge is 0.399 e. The lowest BCUT2D eigenvalue weighted by atomic mass is 10.1. The van der Waals surface area contributed by atoms with Gasteiger partial charge in [-0.15, -0.1) is 0 Å². The van der Waals surface area contributed by atoms with Gasteiger partial charge in [0.1, 0.15) is 0 Å². The highest BCUT2D eigenvalue weighted by atomic mass is 32.2. The molecule has 1 fully saturated rings. The van der Waals surface area contributed by atoms with Gasteiger partial charge in [-0.2, -0.15) is 11.8 Å². The van der Waals surface area contributed by atoms with Crippen molar-refractivity contribution in [2.24, 2.45) is 0 Å². The number of thioether (sulfide) groups is 1. The van der Waals surface area contributed by atoms with E-state index in [0.29, 0.717) is 12.5 Å². The summed E-state index contributed by atoms with van der Waals surface area (Å²) in [6.45, 7) is 0. The molecule has 0 aliphatic carbocycles. The van der Waals surface area contributed by atoms with Crippen molar-refractivity contribution >= 4 is 23.4 Å². The van der Waals surface area contributed by atoms with E-state index in [-0.39, 0.29) is 5.91 Å². The maximum Gasteiger partial charge on any atom is 0.224 e. The average Bonchev–Trinajstić information content (AvgIpc) is 2.33. The van der Waals surface area contributed by atoms with Gasteiger partial charge in [-0.3, -0.25) is 4.79 Å². The average molecular weight is 250 g/mol. The third kappa shape index (κ3) is 3.97. The van der Waals surface area contributed by atoms with Gasteiger partial charge < -0.3 is 11.1 Å². The van der Waals surface area contributed by atoms with Crippen molar-refractivity contribution in [3.8, 4) is 0 Å². The maximum atomic E-state index is 11.8. The molecular formula is C13H18N2OS. The zero-order valence-corrected chi connectivity index (χ0v) is 10.6. The van der Waals surface area contributed by atoms with Crippen molar-refractivity contribution in [3.05, 3.63) is 29.8 Å². The third-order valence-electron chi connectivity index (χ3n) is 2.93. The van der Waals surface area contributed by atoms with Crippen molar-refractivity contribution < 1.29 is 4.79 Å². The zero-order chi connectivity index (χ0) is 12.1. The number of carbonyl (C=O) groups excluding carboxylic acids is 1. The summed E-state index contributed by atoms with van der Waals surface area (Å²) in [6, 6.07) is 7.86. The summed E-state index contributed by atoms with van der Waals surface area (Å²) < 4.78 is 0. The first-order valence-corrected chi connectivity index (χ1v) is 7.11. The van der Waals surface area contributed by atoms with Gasteiger partial charge in [0, 0.05) is 11.7 Å². The van der Waals surface area contributed by atoms with Crippen LogP contribution in [0.5, 0.6) is 0 Å². The number of hydrogen-bond donors (Lipinski definition) is 2. The number of hydrogen-bond acceptors (Lipinski definition) is 3. The van der Waals surface area contributed by atoms with Crippen molar-refractivity contribution in [2.45, 2.75) is 25.3 Å². The van der Waals surface area contributed by atoms with Gasteiger partial charge in [0.15, 0.2) is 0 Å². The molecule has 1 amide bonds. The molecule has 2 rings (SSSR count). The molecule has 0 atom stereocenters. The van der Waals surface area contributed by atoms with Crippen LogP contribution in [0.4, 0.5) is 5.69 Å². The van der Waals surface area contributed by atoms with Crippen molar-refractivity contribution in [1.82, 2.24) is 5.32 Å². The molecule has 1 aromatic rings. The second-order valence-electron chi connectivity index (χ2n) is 4.37. The van der Waals surface area contributed by atoms with Crippen LogP contribution in [-0.2, 0) is 11.2 Å². The van der Waals surface area contributed by atoms with Gasteiger partial charge in [-0.05, 0) is 42.0 Å². The molecular weight excluding hydrogens is 232 g/mol. The SMILES string of the molecule is Nc1ccc(CC(=O)NC2CCSCC2)cc1. The van der Waals surface area contributed by atoms with E-state index in [4.69, 9.17) is 5.73 Å². The summed E-state index contributed by atoms with van der Waals surface area (Å²) in [7, 11) is 0. The predicted octanol–water partition coefficient (Wildman–Crippen LogP) is 1.82. The highest BCUT2D eigenvalue weighted by molar-refractivity contribution is 7.99. The first-order valence-electron chi connectivity index (χ1n) is 5.95. The highest BCUT2D eigenvalue weighted by Crippen LogP contribution is 2.17. The number of amides is 1. The monoisotopic (exact) mass is 250 g/mol. The predicted molar refractivity (Wildman–Crippen MR) is 73.0 cm³/mol. The molecule has 17 heavy (non-hydrogen) atoms. The Morgan fingerprint density at radius 2 is 1.94 bits per heavy atom. The normalized spacial score (nSPS) is 16.7. The van der Waals surface area contributed by atoms with Crippen LogP contribution >= 0.6 is 11.8 Å². The van der Waals surface area contributed by atoms with Crippen LogP contribution in [0.1, 0.15) is 18.4 Å². The highest BCUT2D eigenvalue weighted by Gasteiger charge is 2.15. The van der Waals surface area contributed by atoms with Gasteiger partial charge in [0.25, 0.3) is 0 Å². The molecule has 0 aromatic heterocycles. The Hall–Kier alpha value is -1.16. The molecule has 3 N–H and O–H groups in total. The first kappa shape index (κ1) is 12.3. The Morgan fingerprint density at radius 3 is 2.59 bits per heavy atom. The van der Waals surface area contributed by atoms with Crippen molar-refractivity contribution in [2.75, 3.05) is 17.2 Å². The fourth-order valence-corrected chi connectivity index (χ4v) is 3.05. The number of anilines is 1. The van der Waals surface area contributed by atoms with E-state index >= 15 is 0 Å².